The maximum Gasteiger partial charge on any atom is 0.290 e. The van der Waals surface area contributed by atoms with Crippen molar-refractivity contribution in [3.8, 4) is 0 Å². The Morgan fingerprint density at radius 1 is 1.30 bits per heavy atom. The molecule has 2 aromatic rings. The molecule has 1 unspecified atom stereocenters. The van der Waals surface area contributed by atoms with Gasteiger partial charge in [0.2, 0.25) is 5.78 Å². The van der Waals surface area contributed by atoms with Gasteiger partial charge in [-0.25, -0.2) is 4.98 Å². The van der Waals surface area contributed by atoms with Crippen LogP contribution in [0.4, 0.5) is 0 Å². The normalized spacial score (nSPS) is 21.3. The summed E-state index contributed by atoms with van der Waals surface area (Å²) in [6.07, 6.45) is 6.49. The molecule has 1 fully saturated rings. The van der Waals surface area contributed by atoms with E-state index in [0.717, 1.165) is 37.1 Å². The molecule has 0 aromatic carbocycles. The molecule has 1 saturated carbocycles. The van der Waals surface area contributed by atoms with Crippen molar-refractivity contribution in [1.82, 2.24) is 9.88 Å². The van der Waals surface area contributed by atoms with E-state index >= 15 is 0 Å². The third-order valence-electron chi connectivity index (χ3n) is 5.38. The van der Waals surface area contributed by atoms with Crippen molar-refractivity contribution in [3.63, 3.8) is 0 Å². The lowest BCUT2D eigenvalue weighted by molar-refractivity contribution is -0.132. The fraction of sp³-hybridized carbons (Fsp3) is 0.450. The van der Waals surface area contributed by atoms with Crippen molar-refractivity contribution in [3.05, 3.63) is 51.1 Å². The highest BCUT2D eigenvalue weighted by molar-refractivity contribution is 7.14. The van der Waals surface area contributed by atoms with Crippen LogP contribution in [0.15, 0.2) is 34.1 Å². The Bertz CT molecular complexity index is 907. The smallest absolute Gasteiger partial charge is 0.290 e. The molecule has 27 heavy (non-hydrogen) atoms. The van der Waals surface area contributed by atoms with Gasteiger partial charge in [0, 0.05) is 6.04 Å². The van der Waals surface area contributed by atoms with Crippen molar-refractivity contribution in [2.45, 2.75) is 58.0 Å². The van der Waals surface area contributed by atoms with Crippen LogP contribution in [0.5, 0.6) is 0 Å². The molecule has 2 aromatic heterocycles. The van der Waals surface area contributed by atoms with Gasteiger partial charge in [-0.15, -0.1) is 11.3 Å². The highest BCUT2D eigenvalue weighted by atomic mass is 32.1. The number of aromatic nitrogens is 1. The molecular weight excluding hydrogens is 364 g/mol. The molecule has 6 nitrogen and oxygen atoms in total. The molecule has 2 aliphatic rings. The summed E-state index contributed by atoms with van der Waals surface area (Å²) in [7, 11) is 0. The Labute approximate surface area is 161 Å². The van der Waals surface area contributed by atoms with Gasteiger partial charge in [0.15, 0.2) is 5.76 Å². The van der Waals surface area contributed by atoms with Crippen LogP contribution in [0.3, 0.4) is 0 Å². The molecular formula is C20H22N2O4S. The Kier molecular flexibility index (Phi) is 4.63. The second-order valence-electron chi connectivity index (χ2n) is 7.16. The second-order valence-corrected chi connectivity index (χ2v) is 8.36. The van der Waals surface area contributed by atoms with Gasteiger partial charge in [0.25, 0.3) is 5.91 Å². The van der Waals surface area contributed by atoms with Crippen LogP contribution in [-0.4, -0.2) is 32.7 Å². The largest absolute Gasteiger partial charge is 0.503 e. The second kappa shape index (κ2) is 6.96. The number of hydrogen-bond acceptors (Lipinski definition) is 6. The summed E-state index contributed by atoms with van der Waals surface area (Å²) in [5, 5.41) is 11.4. The Morgan fingerprint density at radius 3 is 2.63 bits per heavy atom. The first-order valence-electron chi connectivity index (χ1n) is 9.27. The van der Waals surface area contributed by atoms with Crippen LogP contribution >= 0.6 is 11.3 Å². The maximum absolute atomic E-state index is 13.3. The summed E-state index contributed by atoms with van der Waals surface area (Å²) in [5.74, 6) is -0.785. The minimum atomic E-state index is -0.690. The van der Waals surface area contributed by atoms with Crippen LogP contribution in [0.25, 0.3) is 0 Å². The van der Waals surface area contributed by atoms with Crippen LogP contribution in [0.1, 0.15) is 64.3 Å². The zero-order valence-electron chi connectivity index (χ0n) is 15.4. The molecule has 1 atom stereocenters. The third kappa shape index (κ3) is 3.00. The predicted octanol–water partition coefficient (Wildman–Crippen LogP) is 4.26. The van der Waals surface area contributed by atoms with Crippen LogP contribution < -0.4 is 0 Å². The monoisotopic (exact) mass is 386 g/mol. The number of thiazole rings is 1. The third-order valence-corrected chi connectivity index (χ3v) is 6.45. The molecule has 0 radical (unpaired) electrons. The maximum atomic E-state index is 13.3. The minimum Gasteiger partial charge on any atom is -0.503 e. The van der Waals surface area contributed by atoms with Crippen LogP contribution in [0, 0.1) is 13.8 Å². The summed E-state index contributed by atoms with van der Waals surface area (Å²) in [4.78, 5) is 32.7. The predicted molar refractivity (Wildman–Crippen MR) is 101 cm³/mol. The zero-order valence-corrected chi connectivity index (χ0v) is 16.2. The van der Waals surface area contributed by atoms with E-state index in [4.69, 9.17) is 4.42 Å². The average molecular weight is 386 g/mol. The summed E-state index contributed by atoms with van der Waals surface area (Å²) >= 11 is 1.28. The van der Waals surface area contributed by atoms with Gasteiger partial charge in [-0.3, -0.25) is 9.59 Å². The number of ketones is 1. The lowest BCUT2D eigenvalue weighted by Gasteiger charge is -2.35. The molecule has 1 aliphatic carbocycles. The van der Waals surface area contributed by atoms with E-state index in [1.54, 1.807) is 24.0 Å². The van der Waals surface area contributed by atoms with E-state index in [0.29, 0.717) is 16.3 Å². The Morgan fingerprint density at radius 2 is 2.04 bits per heavy atom. The lowest BCUT2D eigenvalue weighted by atomic mass is 9.92. The van der Waals surface area contributed by atoms with Gasteiger partial charge in [-0.1, -0.05) is 19.3 Å². The number of Topliss-reactive ketones (excluding diaryl/α,β-unsaturated/α-hetero) is 1. The Balaban J connectivity index is 1.79. The van der Waals surface area contributed by atoms with Gasteiger partial charge in [0.1, 0.15) is 11.8 Å². The van der Waals surface area contributed by atoms with E-state index in [-0.39, 0.29) is 17.4 Å². The van der Waals surface area contributed by atoms with E-state index in [2.05, 4.69) is 4.98 Å². The number of amides is 1. The van der Waals surface area contributed by atoms with E-state index in [9.17, 15) is 14.7 Å². The van der Waals surface area contributed by atoms with E-state index in [1.807, 2.05) is 6.92 Å². The quantitative estimate of drug-likeness (QED) is 0.794. The van der Waals surface area contributed by atoms with Crippen molar-refractivity contribution in [2.75, 3.05) is 0 Å². The SMILES string of the molecule is Cc1nc(C)c(C(=O)C2=C(O)C(=O)N(C3CCCCC3)C2c2ccco2)s1. The summed E-state index contributed by atoms with van der Waals surface area (Å²) in [6.45, 7) is 3.60. The number of aliphatic hydroxyl groups is 1. The minimum absolute atomic E-state index is 0.00177. The number of carbonyl (C=O) groups excluding carboxylic acids is 2. The van der Waals surface area contributed by atoms with E-state index < -0.39 is 17.7 Å². The van der Waals surface area contributed by atoms with Crippen LogP contribution in [-0.2, 0) is 4.79 Å². The summed E-state index contributed by atoms with van der Waals surface area (Å²) in [5.41, 5.74) is 0.719. The molecule has 142 valence electrons. The molecule has 7 heteroatoms. The lowest BCUT2D eigenvalue weighted by Crippen LogP contribution is -2.41. The first-order chi connectivity index (χ1) is 13.0. The average Bonchev–Trinajstić information content (AvgIpc) is 3.35. The fourth-order valence-electron chi connectivity index (χ4n) is 4.18. The van der Waals surface area contributed by atoms with Gasteiger partial charge in [-0.05, 0) is 38.8 Å². The topological polar surface area (TPSA) is 83.6 Å². The van der Waals surface area contributed by atoms with Gasteiger partial charge in [-0.2, -0.15) is 0 Å². The van der Waals surface area contributed by atoms with Crippen LogP contribution in [0.2, 0.25) is 0 Å². The van der Waals surface area contributed by atoms with Crippen molar-refractivity contribution >= 4 is 23.0 Å². The number of carbonyl (C=O) groups is 2. The molecule has 0 saturated heterocycles. The summed E-state index contributed by atoms with van der Waals surface area (Å²) in [6, 6.07) is 2.80. The molecule has 3 heterocycles. The molecule has 1 amide bonds. The molecule has 4 rings (SSSR count). The molecule has 0 spiro atoms. The van der Waals surface area contributed by atoms with Crippen molar-refractivity contribution in [1.29, 1.82) is 0 Å². The van der Waals surface area contributed by atoms with E-state index in [1.165, 1.54) is 17.6 Å². The Hall–Kier alpha value is -2.41. The number of aryl methyl sites for hydroxylation is 2. The number of aliphatic hydroxyl groups excluding tert-OH is 1. The summed E-state index contributed by atoms with van der Waals surface area (Å²) < 4.78 is 5.58. The number of furan rings is 1. The van der Waals surface area contributed by atoms with Gasteiger partial charge in [0.05, 0.1) is 27.4 Å². The number of nitrogens with zero attached hydrogens (tertiary/aromatic N) is 2. The first kappa shape index (κ1) is 18.0. The first-order valence-corrected chi connectivity index (χ1v) is 10.1. The fourth-order valence-corrected chi connectivity index (χ4v) is 5.06. The van der Waals surface area contributed by atoms with Gasteiger partial charge < -0.3 is 14.4 Å². The highest BCUT2D eigenvalue weighted by Gasteiger charge is 2.48. The van der Waals surface area contributed by atoms with Crippen molar-refractivity contribution < 1.29 is 19.1 Å². The number of hydrogen-bond donors (Lipinski definition) is 1. The number of rotatable bonds is 4. The molecule has 0 bridgehead atoms. The zero-order chi connectivity index (χ0) is 19.1. The van der Waals surface area contributed by atoms with Crippen molar-refractivity contribution in [2.24, 2.45) is 0 Å². The molecule has 1 aliphatic heterocycles. The standard InChI is InChI=1S/C20H22N2O4S/c1-11-19(27-12(2)21-11)17(23)15-16(14-9-6-10-26-14)22(20(25)18(15)24)13-7-4-3-5-8-13/h6,9-10,13,16,24H,3-5,7-8H2,1-2H3. The van der Waals surface area contributed by atoms with Gasteiger partial charge >= 0.3 is 0 Å². The highest BCUT2D eigenvalue weighted by Crippen LogP contribution is 2.43. The molecule has 1 N–H and O–H groups in total.